The molecule has 0 aliphatic rings. The minimum atomic E-state index is -0.501. The highest BCUT2D eigenvalue weighted by atomic mass is 32.1. The zero-order valence-electron chi connectivity index (χ0n) is 11.7. The van der Waals surface area contributed by atoms with Gasteiger partial charge in [0.2, 0.25) is 0 Å². The first kappa shape index (κ1) is 14.9. The normalized spacial score (nSPS) is 10.7. The molecule has 0 aliphatic heterocycles. The molecule has 2 aromatic heterocycles. The number of aromatic amines is 1. The van der Waals surface area contributed by atoms with E-state index >= 15 is 0 Å². The van der Waals surface area contributed by atoms with Crippen LogP contribution >= 0.6 is 11.3 Å². The number of esters is 1. The van der Waals surface area contributed by atoms with Crippen LogP contribution < -0.4 is 10.3 Å². The first-order chi connectivity index (χ1) is 10.9. The van der Waals surface area contributed by atoms with E-state index in [0.717, 1.165) is 11.3 Å². The summed E-state index contributed by atoms with van der Waals surface area (Å²) in [6, 6.07) is 5.84. The van der Waals surface area contributed by atoms with Crippen molar-refractivity contribution in [1.82, 2.24) is 9.97 Å². The summed E-state index contributed by atoms with van der Waals surface area (Å²) in [4.78, 5) is 40.2. The monoisotopic (exact) mass is 331 g/mol. The molecule has 9 heteroatoms. The van der Waals surface area contributed by atoms with E-state index in [1.165, 1.54) is 25.1 Å². The molecule has 0 spiro atoms. The van der Waals surface area contributed by atoms with E-state index in [-0.39, 0.29) is 22.0 Å². The molecule has 116 valence electrons. The standard InChI is InChI=1S/C14H9N3O5S/c1-7(18)22-9-2-3-11-10(5-9)14(19)16-13(15-11)8-4-12(17(20)21)23-6-8/h2-6H,1H3,(H,15,16,19). The number of hydrogen-bond donors (Lipinski definition) is 1. The van der Waals surface area contributed by atoms with Crippen LogP contribution in [0.4, 0.5) is 5.00 Å². The summed E-state index contributed by atoms with van der Waals surface area (Å²) in [5.74, 6) is -0.000696. The summed E-state index contributed by atoms with van der Waals surface area (Å²) < 4.78 is 4.93. The van der Waals surface area contributed by atoms with E-state index in [1.807, 2.05) is 0 Å². The van der Waals surface area contributed by atoms with Gasteiger partial charge < -0.3 is 9.72 Å². The highest BCUT2D eigenvalue weighted by Crippen LogP contribution is 2.28. The lowest BCUT2D eigenvalue weighted by Crippen LogP contribution is -2.10. The maximum atomic E-state index is 12.2. The quantitative estimate of drug-likeness (QED) is 0.341. The van der Waals surface area contributed by atoms with Gasteiger partial charge in [0.25, 0.3) is 5.56 Å². The second-order valence-electron chi connectivity index (χ2n) is 4.62. The molecule has 1 aromatic carbocycles. The Morgan fingerprint density at radius 1 is 1.39 bits per heavy atom. The minimum Gasteiger partial charge on any atom is -0.427 e. The molecule has 3 rings (SSSR count). The number of carbonyl (C=O) groups excluding carboxylic acids is 1. The van der Waals surface area contributed by atoms with E-state index in [1.54, 1.807) is 11.4 Å². The average Bonchev–Trinajstić information content (AvgIpc) is 2.97. The third-order valence-corrected chi connectivity index (χ3v) is 3.86. The van der Waals surface area contributed by atoms with Crippen molar-refractivity contribution in [3.63, 3.8) is 0 Å². The first-order valence-electron chi connectivity index (χ1n) is 6.40. The second kappa shape index (κ2) is 5.61. The predicted molar refractivity (Wildman–Crippen MR) is 83.6 cm³/mol. The summed E-state index contributed by atoms with van der Waals surface area (Å²) in [5, 5.41) is 12.5. The minimum absolute atomic E-state index is 0.0343. The lowest BCUT2D eigenvalue weighted by molar-refractivity contribution is -0.380. The van der Waals surface area contributed by atoms with Crippen LogP contribution in [0.15, 0.2) is 34.4 Å². The number of ether oxygens (including phenoxy) is 1. The number of aromatic nitrogens is 2. The van der Waals surface area contributed by atoms with Crippen molar-refractivity contribution in [3.8, 4) is 17.1 Å². The van der Waals surface area contributed by atoms with Crippen molar-refractivity contribution in [2.45, 2.75) is 6.92 Å². The Morgan fingerprint density at radius 2 is 2.17 bits per heavy atom. The fourth-order valence-electron chi connectivity index (χ4n) is 2.03. The molecule has 3 aromatic rings. The molecule has 0 fully saturated rings. The molecule has 0 amide bonds. The fraction of sp³-hybridized carbons (Fsp3) is 0.0714. The van der Waals surface area contributed by atoms with E-state index in [4.69, 9.17) is 4.74 Å². The van der Waals surface area contributed by atoms with E-state index in [0.29, 0.717) is 11.1 Å². The van der Waals surface area contributed by atoms with Crippen molar-refractivity contribution in [2.24, 2.45) is 0 Å². The number of benzene rings is 1. The van der Waals surface area contributed by atoms with Crippen molar-refractivity contribution >= 4 is 33.2 Å². The molecule has 0 radical (unpaired) electrons. The van der Waals surface area contributed by atoms with Crippen molar-refractivity contribution in [2.75, 3.05) is 0 Å². The number of carbonyl (C=O) groups is 1. The summed E-state index contributed by atoms with van der Waals surface area (Å²) in [6.07, 6.45) is 0. The van der Waals surface area contributed by atoms with Crippen LogP contribution in [-0.2, 0) is 4.79 Å². The molecule has 0 aliphatic carbocycles. The van der Waals surface area contributed by atoms with Crippen molar-refractivity contribution in [3.05, 3.63) is 50.1 Å². The Kier molecular flexibility index (Phi) is 3.62. The van der Waals surface area contributed by atoms with Gasteiger partial charge in [0.15, 0.2) is 0 Å². The molecule has 0 saturated carbocycles. The number of H-pyrrole nitrogens is 1. The van der Waals surface area contributed by atoms with Gasteiger partial charge in [0.1, 0.15) is 11.6 Å². The molecule has 0 bridgehead atoms. The molecule has 0 unspecified atom stereocenters. The van der Waals surface area contributed by atoms with Crippen LogP contribution in [-0.4, -0.2) is 20.9 Å². The predicted octanol–water partition coefficient (Wildman–Crippen LogP) is 2.49. The number of thiophene rings is 1. The first-order valence-corrected chi connectivity index (χ1v) is 7.28. The molecule has 0 atom stereocenters. The van der Waals surface area contributed by atoms with Gasteiger partial charge in [-0.2, -0.15) is 0 Å². The highest BCUT2D eigenvalue weighted by molar-refractivity contribution is 7.13. The molecule has 23 heavy (non-hydrogen) atoms. The number of nitro groups is 1. The largest absolute Gasteiger partial charge is 0.427 e. The number of nitrogens with zero attached hydrogens (tertiary/aromatic N) is 2. The van der Waals surface area contributed by atoms with Crippen LogP contribution in [0.1, 0.15) is 6.92 Å². The van der Waals surface area contributed by atoms with Crippen molar-refractivity contribution in [1.29, 1.82) is 0 Å². The van der Waals surface area contributed by atoms with Crippen LogP contribution in [0.25, 0.3) is 22.3 Å². The van der Waals surface area contributed by atoms with Gasteiger partial charge in [0, 0.05) is 23.9 Å². The zero-order valence-corrected chi connectivity index (χ0v) is 12.5. The lowest BCUT2D eigenvalue weighted by atomic mass is 10.2. The Labute approximate surface area is 132 Å². The summed E-state index contributed by atoms with van der Waals surface area (Å²) >= 11 is 0.954. The molecular formula is C14H9N3O5S. The van der Waals surface area contributed by atoms with Gasteiger partial charge in [-0.1, -0.05) is 11.3 Å². The fourth-order valence-corrected chi connectivity index (χ4v) is 2.74. The van der Waals surface area contributed by atoms with E-state index in [2.05, 4.69) is 9.97 Å². The van der Waals surface area contributed by atoms with Crippen LogP contribution in [0, 0.1) is 10.1 Å². The summed E-state index contributed by atoms with van der Waals surface area (Å²) in [5.41, 5.74) is 0.436. The van der Waals surface area contributed by atoms with E-state index in [9.17, 15) is 19.7 Å². The number of nitrogens with one attached hydrogen (secondary N) is 1. The zero-order chi connectivity index (χ0) is 16.6. The molecule has 0 saturated heterocycles. The van der Waals surface area contributed by atoms with Gasteiger partial charge in [-0.3, -0.25) is 19.7 Å². The van der Waals surface area contributed by atoms with E-state index < -0.39 is 16.5 Å². The molecule has 1 N–H and O–H groups in total. The van der Waals surface area contributed by atoms with Gasteiger partial charge in [-0.15, -0.1) is 0 Å². The maximum Gasteiger partial charge on any atom is 0.324 e. The van der Waals surface area contributed by atoms with Crippen LogP contribution in [0.2, 0.25) is 0 Å². The Balaban J connectivity index is 2.09. The molecule has 2 heterocycles. The molecular weight excluding hydrogens is 322 g/mol. The van der Waals surface area contributed by atoms with Crippen molar-refractivity contribution < 1.29 is 14.5 Å². The Bertz CT molecular complexity index is 991. The topological polar surface area (TPSA) is 115 Å². The van der Waals surface area contributed by atoms with Gasteiger partial charge >= 0.3 is 11.0 Å². The van der Waals surface area contributed by atoms with Crippen LogP contribution in [0.3, 0.4) is 0 Å². The maximum absolute atomic E-state index is 12.2. The third-order valence-electron chi connectivity index (χ3n) is 2.98. The summed E-state index contributed by atoms with van der Waals surface area (Å²) in [6.45, 7) is 1.26. The SMILES string of the molecule is CC(=O)Oc1ccc2nc(-c3csc([N+](=O)[O-])c3)[nH]c(=O)c2c1. The number of rotatable bonds is 3. The highest BCUT2D eigenvalue weighted by Gasteiger charge is 2.14. The lowest BCUT2D eigenvalue weighted by Gasteiger charge is -2.04. The Morgan fingerprint density at radius 3 is 2.83 bits per heavy atom. The van der Waals surface area contributed by atoms with Crippen LogP contribution in [0.5, 0.6) is 5.75 Å². The third kappa shape index (κ3) is 2.94. The Hall–Kier alpha value is -3.07. The smallest absolute Gasteiger partial charge is 0.324 e. The number of fused-ring (bicyclic) bond motifs is 1. The van der Waals surface area contributed by atoms with Gasteiger partial charge in [-0.25, -0.2) is 4.98 Å². The molecule has 8 nitrogen and oxygen atoms in total. The van der Waals surface area contributed by atoms with Gasteiger partial charge in [0.05, 0.1) is 15.8 Å². The van der Waals surface area contributed by atoms with Gasteiger partial charge in [-0.05, 0) is 18.2 Å². The summed E-state index contributed by atoms with van der Waals surface area (Å²) in [7, 11) is 0. The average molecular weight is 331 g/mol. The second-order valence-corrected chi connectivity index (χ2v) is 5.51. The number of hydrogen-bond acceptors (Lipinski definition) is 7.